The van der Waals surface area contributed by atoms with Crippen LogP contribution in [0.4, 0.5) is 0 Å². The van der Waals surface area contributed by atoms with Gasteiger partial charge in [0.05, 0.1) is 0 Å². The first kappa shape index (κ1) is 17.4. The van der Waals surface area contributed by atoms with E-state index in [2.05, 4.69) is 19.3 Å². The summed E-state index contributed by atoms with van der Waals surface area (Å²) >= 11 is 0. The van der Waals surface area contributed by atoms with E-state index in [4.69, 9.17) is 4.84 Å². The van der Waals surface area contributed by atoms with Gasteiger partial charge in [-0.1, -0.05) is 65.2 Å². The van der Waals surface area contributed by atoms with E-state index >= 15 is 0 Å². The number of rotatable bonds is 13. The van der Waals surface area contributed by atoms with E-state index in [-0.39, 0.29) is 5.97 Å². The maximum Gasteiger partial charge on any atom is 0.324 e. The van der Waals surface area contributed by atoms with Gasteiger partial charge < -0.3 is 4.84 Å². The summed E-state index contributed by atoms with van der Waals surface area (Å²) in [6, 6.07) is 0. The molecule has 0 saturated carbocycles. The number of nitrogens with one attached hydrogen (secondary N) is 1. The fourth-order valence-corrected chi connectivity index (χ4v) is 1.83. The molecule has 0 aromatic carbocycles. The molecule has 0 bridgehead atoms. The fourth-order valence-electron chi connectivity index (χ4n) is 1.83. The van der Waals surface area contributed by atoms with Crippen LogP contribution in [0, 0.1) is 0 Å². The summed E-state index contributed by atoms with van der Waals surface area (Å²) in [6.45, 7) is 5.11. The van der Waals surface area contributed by atoms with Crippen LogP contribution < -0.4 is 5.48 Å². The molecule has 0 amide bonds. The van der Waals surface area contributed by atoms with Crippen LogP contribution in [0.2, 0.25) is 0 Å². The van der Waals surface area contributed by atoms with Gasteiger partial charge in [-0.05, 0) is 12.8 Å². The Kier molecular flexibility index (Phi) is 14.0. The minimum Gasteiger partial charge on any atom is -0.371 e. The van der Waals surface area contributed by atoms with Gasteiger partial charge in [-0.15, -0.1) is 0 Å². The Hall–Kier alpha value is -0.570. The van der Waals surface area contributed by atoms with Crippen LogP contribution in [0.5, 0.6) is 0 Å². The molecule has 0 unspecified atom stereocenters. The first-order valence-electron chi connectivity index (χ1n) is 7.73. The molecular formula is C15H31NO2. The average molecular weight is 257 g/mol. The van der Waals surface area contributed by atoms with E-state index in [0.29, 0.717) is 6.42 Å². The van der Waals surface area contributed by atoms with Gasteiger partial charge in [0.15, 0.2) is 0 Å². The second-order valence-electron chi connectivity index (χ2n) is 4.95. The SMILES string of the molecule is CCCCCCCCCCC(=O)ONCCCC. The highest BCUT2D eigenvalue weighted by atomic mass is 16.7. The summed E-state index contributed by atoms with van der Waals surface area (Å²) in [7, 11) is 0. The number of carbonyl (C=O) groups excluding carboxylic acids is 1. The Morgan fingerprint density at radius 1 is 0.833 bits per heavy atom. The normalized spacial score (nSPS) is 10.6. The van der Waals surface area contributed by atoms with Gasteiger partial charge >= 0.3 is 5.97 Å². The van der Waals surface area contributed by atoms with Gasteiger partial charge in [0, 0.05) is 13.0 Å². The van der Waals surface area contributed by atoms with E-state index in [0.717, 1.165) is 32.2 Å². The molecule has 0 atom stereocenters. The molecule has 0 aromatic rings. The van der Waals surface area contributed by atoms with Gasteiger partial charge in [-0.3, -0.25) is 4.79 Å². The Bertz CT molecular complexity index is 183. The lowest BCUT2D eigenvalue weighted by molar-refractivity contribution is -0.151. The first-order valence-corrected chi connectivity index (χ1v) is 7.73. The molecule has 3 heteroatoms. The molecular weight excluding hydrogens is 226 g/mol. The third kappa shape index (κ3) is 13.5. The van der Waals surface area contributed by atoms with Crippen LogP contribution in [-0.4, -0.2) is 12.5 Å². The van der Waals surface area contributed by atoms with Crippen LogP contribution in [0.3, 0.4) is 0 Å². The topological polar surface area (TPSA) is 38.3 Å². The molecule has 108 valence electrons. The van der Waals surface area contributed by atoms with Crippen molar-refractivity contribution < 1.29 is 9.63 Å². The fraction of sp³-hybridized carbons (Fsp3) is 0.933. The Balaban J connectivity index is 3.10. The highest BCUT2D eigenvalue weighted by Crippen LogP contribution is 2.09. The number of hydrogen-bond donors (Lipinski definition) is 1. The summed E-state index contributed by atoms with van der Waals surface area (Å²) in [5.74, 6) is -0.114. The maximum atomic E-state index is 11.3. The van der Waals surface area contributed by atoms with Crippen LogP contribution in [-0.2, 0) is 9.63 Å². The minimum atomic E-state index is -0.114. The molecule has 0 saturated heterocycles. The van der Waals surface area contributed by atoms with Crippen LogP contribution in [0.1, 0.15) is 84.5 Å². The van der Waals surface area contributed by atoms with Crippen molar-refractivity contribution in [3.05, 3.63) is 0 Å². The van der Waals surface area contributed by atoms with E-state index in [1.54, 1.807) is 0 Å². The van der Waals surface area contributed by atoms with Crippen molar-refractivity contribution in [2.45, 2.75) is 84.5 Å². The van der Waals surface area contributed by atoms with Crippen molar-refractivity contribution in [2.24, 2.45) is 0 Å². The van der Waals surface area contributed by atoms with Crippen LogP contribution >= 0.6 is 0 Å². The molecule has 18 heavy (non-hydrogen) atoms. The van der Waals surface area contributed by atoms with Crippen molar-refractivity contribution in [3.8, 4) is 0 Å². The van der Waals surface area contributed by atoms with Crippen LogP contribution in [0.25, 0.3) is 0 Å². The van der Waals surface area contributed by atoms with Crippen molar-refractivity contribution in [3.63, 3.8) is 0 Å². The zero-order valence-corrected chi connectivity index (χ0v) is 12.3. The Labute approximate surface area is 113 Å². The summed E-state index contributed by atoms with van der Waals surface area (Å²) in [5, 5.41) is 0. The summed E-state index contributed by atoms with van der Waals surface area (Å²) in [4.78, 5) is 16.2. The monoisotopic (exact) mass is 257 g/mol. The number of carbonyl (C=O) groups is 1. The van der Waals surface area contributed by atoms with E-state index < -0.39 is 0 Å². The summed E-state index contributed by atoms with van der Waals surface area (Å²) in [6.07, 6.45) is 12.7. The molecule has 0 aliphatic carbocycles. The summed E-state index contributed by atoms with van der Waals surface area (Å²) < 4.78 is 0. The molecule has 0 spiro atoms. The minimum absolute atomic E-state index is 0.114. The third-order valence-corrected chi connectivity index (χ3v) is 3.05. The largest absolute Gasteiger partial charge is 0.371 e. The number of hydrogen-bond acceptors (Lipinski definition) is 3. The lowest BCUT2D eigenvalue weighted by Crippen LogP contribution is -2.20. The second-order valence-corrected chi connectivity index (χ2v) is 4.95. The van der Waals surface area contributed by atoms with E-state index in [1.165, 1.54) is 38.5 Å². The van der Waals surface area contributed by atoms with Crippen LogP contribution in [0.15, 0.2) is 0 Å². The standard InChI is InChI=1S/C15H31NO2/c1-3-5-7-8-9-10-11-12-13-15(17)18-16-14-6-4-2/h16H,3-14H2,1-2H3. The highest BCUT2D eigenvalue weighted by molar-refractivity contribution is 5.68. The van der Waals surface area contributed by atoms with Crippen molar-refractivity contribution in [2.75, 3.05) is 6.54 Å². The zero-order valence-electron chi connectivity index (χ0n) is 12.3. The van der Waals surface area contributed by atoms with E-state index in [1.807, 2.05) is 0 Å². The molecule has 3 nitrogen and oxygen atoms in total. The molecule has 0 aliphatic rings. The Morgan fingerprint density at radius 3 is 2.00 bits per heavy atom. The van der Waals surface area contributed by atoms with Crippen molar-refractivity contribution in [1.29, 1.82) is 0 Å². The second kappa shape index (κ2) is 14.5. The molecule has 0 radical (unpaired) electrons. The lowest BCUT2D eigenvalue weighted by Gasteiger charge is -2.05. The molecule has 0 aliphatic heterocycles. The molecule has 0 fully saturated rings. The predicted octanol–water partition coefficient (Wildman–Crippen LogP) is 4.37. The summed E-state index contributed by atoms with van der Waals surface area (Å²) in [5.41, 5.74) is 2.71. The predicted molar refractivity (Wildman–Crippen MR) is 76.2 cm³/mol. The first-order chi connectivity index (χ1) is 8.81. The van der Waals surface area contributed by atoms with Gasteiger partial charge in [-0.25, -0.2) is 0 Å². The molecule has 0 heterocycles. The molecule has 0 aromatic heterocycles. The lowest BCUT2D eigenvalue weighted by atomic mass is 10.1. The molecule has 1 N–H and O–H groups in total. The zero-order chi connectivity index (χ0) is 13.5. The maximum absolute atomic E-state index is 11.3. The smallest absolute Gasteiger partial charge is 0.324 e. The Morgan fingerprint density at radius 2 is 1.39 bits per heavy atom. The van der Waals surface area contributed by atoms with Crippen molar-refractivity contribution >= 4 is 5.97 Å². The number of hydroxylamine groups is 1. The average Bonchev–Trinajstić information content (AvgIpc) is 2.38. The van der Waals surface area contributed by atoms with Gasteiger partial charge in [0.1, 0.15) is 0 Å². The molecule has 0 rings (SSSR count). The third-order valence-electron chi connectivity index (χ3n) is 3.05. The van der Waals surface area contributed by atoms with Crippen molar-refractivity contribution in [1.82, 2.24) is 5.48 Å². The highest BCUT2D eigenvalue weighted by Gasteiger charge is 2.02. The van der Waals surface area contributed by atoms with E-state index in [9.17, 15) is 4.79 Å². The van der Waals surface area contributed by atoms with Gasteiger partial charge in [0.2, 0.25) is 0 Å². The van der Waals surface area contributed by atoms with Gasteiger partial charge in [-0.2, -0.15) is 5.48 Å². The quantitative estimate of drug-likeness (QED) is 0.393. The van der Waals surface area contributed by atoms with Gasteiger partial charge in [0.25, 0.3) is 0 Å². The number of unbranched alkanes of at least 4 members (excludes halogenated alkanes) is 8.